The molecule has 22 heavy (non-hydrogen) atoms. The summed E-state index contributed by atoms with van der Waals surface area (Å²) in [7, 11) is 0. The van der Waals surface area contributed by atoms with Crippen molar-refractivity contribution < 1.29 is 19.4 Å². The Balaban J connectivity index is 2.39. The summed E-state index contributed by atoms with van der Waals surface area (Å²) in [5.41, 5.74) is 3.09. The second-order valence-corrected chi connectivity index (χ2v) is 5.32. The highest BCUT2D eigenvalue weighted by Gasteiger charge is 2.31. The molecule has 5 heteroatoms. The van der Waals surface area contributed by atoms with Crippen LogP contribution in [-0.2, 0) is 17.8 Å². The normalized spacial score (nSPS) is 17.1. The van der Waals surface area contributed by atoms with E-state index in [0.29, 0.717) is 25.5 Å². The zero-order valence-corrected chi connectivity index (χ0v) is 13.6. The fraction of sp³-hybridized carbons (Fsp3) is 0.588. The number of carbonyl (C=O) groups excluding carboxylic acids is 1. The quantitative estimate of drug-likeness (QED) is 0.908. The summed E-state index contributed by atoms with van der Waals surface area (Å²) in [6.45, 7) is 7.33. The molecule has 1 aromatic rings. The molecular weight excluding hydrogens is 282 g/mol. The topological polar surface area (TPSA) is 59.0 Å². The summed E-state index contributed by atoms with van der Waals surface area (Å²) in [5.74, 6) is 0.702. The van der Waals surface area contributed by atoms with Gasteiger partial charge in [0.25, 0.3) is 0 Å². The maximum absolute atomic E-state index is 12.1. The first kappa shape index (κ1) is 16.6. The van der Waals surface area contributed by atoms with Crippen molar-refractivity contribution in [3.05, 3.63) is 28.8 Å². The largest absolute Gasteiger partial charge is 0.493 e. The summed E-state index contributed by atoms with van der Waals surface area (Å²) in [6, 6.07) is 3.98. The Labute approximate surface area is 131 Å². The van der Waals surface area contributed by atoms with E-state index in [1.165, 1.54) is 5.56 Å². The molecule has 0 spiro atoms. The molecule has 1 aliphatic rings. The number of amides is 1. The first-order valence-electron chi connectivity index (χ1n) is 7.98. The van der Waals surface area contributed by atoms with Crippen molar-refractivity contribution in [2.45, 2.75) is 46.3 Å². The van der Waals surface area contributed by atoms with Crippen LogP contribution < -0.4 is 4.74 Å². The second-order valence-electron chi connectivity index (χ2n) is 5.32. The minimum absolute atomic E-state index is 0.00486. The van der Waals surface area contributed by atoms with E-state index < -0.39 is 0 Å². The van der Waals surface area contributed by atoms with E-state index in [4.69, 9.17) is 9.47 Å². The maximum Gasteiger partial charge on any atom is 0.410 e. The molecule has 1 amide bonds. The van der Waals surface area contributed by atoms with Gasteiger partial charge in [0, 0.05) is 12.1 Å². The molecule has 5 nitrogen and oxygen atoms in total. The standard InChI is InChI=1S/C17H25NO4/c1-4-15-14-10-16(21-5-2)13(11-19)9-12(14)7-8-18(15)17(20)22-6-3/h9-10,15,19H,4-8,11H2,1-3H3. The molecule has 0 aromatic heterocycles. The van der Waals surface area contributed by atoms with Crippen LogP contribution >= 0.6 is 0 Å². The van der Waals surface area contributed by atoms with Gasteiger partial charge in [0.05, 0.1) is 25.9 Å². The van der Waals surface area contributed by atoms with Crippen LogP contribution in [0.2, 0.25) is 0 Å². The number of carbonyl (C=O) groups is 1. The molecule has 0 aliphatic carbocycles. The molecule has 1 aromatic carbocycles. The van der Waals surface area contributed by atoms with Gasteiger partial charge in [-0.1, -0.05) is 6.92 Å². The third-order valence-corrected chi connectivity index (χ3v) is 4.04. The predicted octanol–water partition coefficient (Wildman–Crippen LogP) is 3.04. The van der Waals surface area contributed by atoms with Crippen LogP contribution in [-0.4, -0.2) is 35.9 Å². The van der Waals surface area contributed by atoms with E-state index >= 15 is 0 Å². The van der Waals surface area contributed by atoms with Crippen LogP contribution in [0.3, 0.4) is 0 Å². The summed E-state index contributed by atoms with van der Waals surface area (Å²) < 4.78 is 10.8. The summed E-state index contributed by atoms with van der Waals surface area (Å²) in [6.07, 6.45) is 1.32. The summed E-state index contributed by atoms with van der Waals surface area (Å²) in [4.78, 5) is 13.9. The highest BCUT2D eigenvalue weighted by Crippen LogP contribution is 2.36. The van der Waals surface area contributed by atoms with Crippen LogP contribution in [0.1, 0.15) is 49.9 Å². The molecule has 1 aliphatic heterocycles. The lowest BCUT2D eigenvalue weighted by Gasteiger charge is -2.36. The van der Waals surface area contributed by atoms with E-state index in [2.05, 4.69) is 6.92 Å². The SMILES string of the molecule is CCOC(=O)N1CCc2cc(CO)c(OCC)cc2C1CC. The van der Waals surface area contributed by atoms with Crippen molar-refractivity contribution in [3.63, 3.8) is 0 Å². The molecule has 1 N–H and O–H groups in total. The molecule has 2 rings (SSSR count). The number of aliphatic hydroxyl groups is 1. The second kappa shape index (κ2) is 7.49. The summed E-state index contributed by atoms with van der Waals surface area (Å²) >= 11 is 0. The number of fused-ring (bicyclic) bond motifs is 1. The molecule has 1 heterocycles. The van der Waals surface area contributed by atoms with Gasteiger partial charge in [-0.3, -0.25) is 0 Å². The zero-order chi connectivity index (χ0) is 16.1. The van der Waals surface area contributed by atoms with E-state index in [-0.39, 0.29) is 18.7 Å². The molecule has 1 unspecified atom stereocenters. The third-order valence-electron chi connectivity index (χ3n) is 4.04. The lowest BCUT2D eigenvalue weighted by Crippen LogP contribution is -2.40. The Bertz CT molecular complexity index is 530. The van der Waals surface area contributed by atoms with E-state index in [0.717, 1.165) is 24.0 Å². The fourth-order valence-corrected chi connectivity index (χ4v) is 3.06. The van der Waals surface area contributed by atoms with Crippen molar-refractivity contribution in [2.75, 3.05) is 19.8 Å². The zero-order valence-electron chi connectivity index (χ0n) is 13.6. The van der Waals surface area contributed by atoms with Crippen molar-refractivity contribution in [2.24, 2.45) is 0 Å². The van der Waals surface area contributed by atoms with Gasteiger partial charge in [-0.05, 0) is 49.9 Å². The molecular formula is C17H25NO4. The van der Waals surface area contributed by atoms with Crippen molar-refractivity contribution >= 4 is 6.09 Å². The Morgan fingerprint density at radius 3 is 2.68 bits per heavy atom. The van der Waals surface area contributed by atoms with Gasteiger partial charge in [-0.25, -0.2) is 4.79 Å². The summed E-state index contributed by atoms with van der Waals surface area (Å²) in [5, 5.41) is 9.52. The van der Waals surface area contributed by atoms with Gasteiger partial charge in [0.15, 0.2) is 0 Å². The average molecular weight is 307 g/mol. The van der Waals surface area contributed by atoms with Crippen LogP contribution in [0.4, 0.5) is 4.79 Å². The molecule has 1 atom stereocenters. The van der Waals surface area contributed by atoms with Gasteiger partial charge < -0.3 is 19.5 Å². The number of hydrogen-bond donors (Lipinski definition) is 1. The van der Waals surface area contributed by atoms with Crippen molar-refractivity contribution in [1.29, 1.82) is 0 Å². The van der Waals surface area contributed by atoms with Gasteiger partial charge in [0.1, 0.15) is 5.75 Å². The van der Waals surface area contributed by atoms with Gasteiger partial charge in [-0.15, -0.1) is 0 Å². The van der Waals surface area contributed by atoms with E-state index in [1.54, 1.807) is 4.90 Å². The maximum atomic E-state index is 12.1. The van der Waals surface area contributed by atoms with Gasteiger partial charge in [-0.2, -0.15) is 0 Å². The lowest BCUT2D eigenvalue weighted by atomic mass is 9.89. The van der Waals surface area contributed by atoms with Crippen LogP contribution in [0.5, 0.6) is 5.75 Å². The average Bonchev–Trinajstić information content (AvgIpc) is 2.53. The number of rotatable bonds is 5. The number of aliphatic hydroxyl groups excluding tert-OH is 1. The van der Waals surface area contributed by atoms with Crippen LogP contribution in [0.15, 0.2) is 12.1 Å². The van der Waals surface area contributed by atoms with Crippen LogP contribution in [0.25, 0.3) is 0 Å². The number of benzene rings is 1. The molecule has 0 radical (unpaired) electrons. The van der Waals surface area contributed by atoms with Crippen molar-refractivity contribution in [3.8, 4) is 5.75 Å². The molecule has 0 saturated heterocycles. The minimum Gasteiger partial charge on any atom is -0.493 e. The molecule has 0 fully saturated rings. The molecule has 0 saturated carbocycles. The number of nitrogens with zero attached hydrogens (tertiary/aromatic N) is 1. The first-order chi connectivity index (χ1) is 10.7. The van der Waals surface area contributed by atoms with E-state index in [1.807, 2.05) is 26.0 Å². The van der Waals surface area contributed by atoms with Gasteiger partial charge >= 0.3 is 6.09 Å². The number of ether oxygens (including phenoxy) is 2. The predicted molar refractivity (Wildman–Crippen MR) is 84.0 cm³/mol. The lowest BCUT2D eigenvalue weighted by molar-refractivity contribution is 0.0854. The number of hydrogen-bond acceptors (Lipinski definition) is 4. The molecule has 0 bridgehead atoms. The van der Waals surface area contributed by atoms with Crippen molar-refractivity contribution in [1.82, 2.24) is 4.90 Å². The highest BCUT2D eigenvalue weighted by atomic mass is 16.6. The first-order valence-corrected chi connectivity index (χ1v) is 7.98. The Morgan fingerprint density at radius 1 is 1.32 bits per heavy atom. The fourth-order valence-electron chi connectivity index (χ4n) is 3.06. The van der Waals surface area contributed by atoms with Crippen LogP contribution in [0, 0.1) is 0 Å². The molecule has 122 valence electrons. The van der Waals surface area contributed by atoms with Gasteiger partial charge in [0.2, 0.25) is 0 Å². The smallest absolute Gasteiger partial charge is 0.410 e. The Morgan fingerprint density at radius 2 is 2.09 bits per heavy atom. The van der Waals surface area contributed by atoms with E-state index in [9.17, 15) is 9.90 Å². The highest BCUT2D eigenvalue weighted by molar-refractivity contribution is 5.69. The third kappa shape index (κ3) is 3.19. The Hall–Kier alpha value is -1.75. The minimum atomic E-state index is -0.260. The monoisotopic (exact) mass is 307 g/mol. The Kier molecular flexibility index (Phi) is 5.66.